The average molecular weight is 248 g/mol. The minimum atomic E-state index is -0.348. The molecule has 0 atom stereocenters. The number of aromatic hydroxyl groups is 1. The lowest BCUT2D eigenvalue weighted by molar-refractivity contribution is 0.0946. The van der Waals surface area contributed by atoms with Gasteiger partial charge in [0.1, 0.15) is 5.75 Å². The number of amides is 1. The molecule has 2 rings (SSSR count). The minimum absolute atomic E-state index is 0.0682. The SMILES string of the molecule is O=C(NCCc1cccs1)c1ncccc1O. The summed E-state index contributed by atoms with van der Waals surface area (Å²) in [7, 11) is 0. The van der Waals surface area contributed by atoms with Gasteiger partial charge in [0, 0.05) is 17.6 Å². The molecule has 2 heterocycles. The maximum absolute atomic E-state index is 11.7. The van der Waals surface area contributed by atoms with E-state index >= 15 is 0 Å². The zero-order valence-corrected chi connectivity index (χ0v) is 9.91. The lowest BCUT2D eigenvalue weighted by atomic mass is 10.3. The molecule has 0 aliphatic rings. The predicted molar refractivity (Wildman–Crippen MR) is 66.3 cm³/mol. The van der Waals surface area contributed by atoms with Crippen molar-refractivity contribution in [3.63, 3.8) is 0 Å². The van der Waals surface area contributed by atoms with Crippen LogP contribution in [-0.4, -0.2) is 22.5 Å². The van der Waals surface area contributed by atoms with Crippen LogP contribution in [0.15, 0.2) is 35.8 Å². The molecule has 0 bridgehead atoms. The van der Waals surface area contributed by atoms with E-state index in [2.05, 4.69) is 10.3 Å². The second-order valence-corrected chi connectivity index (χ2v) is 4.49. The van der Waals surface area contributed by atoms with Gasteiger partial charge < -0.3 is 10.4 Å². The molecule has 2 N–H and O–H groups in total. The summed E-state index contributed by atoms with van der Waals surface area (Å²) in [5.74, 6) is -0.444. The van der Waals surface area contributed by atoms with Gasteiger partial charge in [-0.1, -0.05) is 6.07 Å². The van der Waals surface area contributed by atoms with Gasteiger partial charge >= 0.3 is 0 Å². The molecule has 2 aromatic heterocycles. The largest absolute Gasteiger partial charge is 0.505 e. The van der Waals surface area contributed by atoms with Crippen molar-refractivity contribution in [1.82, 2.24) is 10.3 Å². The van der Waals surface area contributed by atoms with Gasteiger partial charge in [-0.2, -0.15) is 0 Å². The number of rotatable bonds is 4. The Morgan fingerprint density at radius 2 is 2.29 bits per heavy atom. The molecule has 0 aliphatic carbocycles. The minimum Gasteiger partial charge on any atom is -0.505 e. The van der Waals surface area contributed by atoms with Crippen molar-refractivity contribution in [2.75, 3.05) is 6.54 Å². The fourth-order valence-electron chi connectivity index (χ4n) is 1.41. The second kappa shape index (κ2) is 5.45. The van der Waals surface area contributed by atoms with Gasteiger partial charge in [-0.3, -0.25) is 4.79 Å². The average Bonchev–Trinajstić information content (AvgIpc) is 2.82. The van der Waals surface area contributed by atoms with Crippen LogP contribution in [0.1, 0.15) is 15.4 Å². The van der Waals surface area contributed by atoms with Gasteiger partial charge in [0.05, 0.1) is 0 Å². The summed E-state index contributed by atoms with van der Waals surface area (Å²) in [4.78, 5) is 16.7. The normalized spacial score (nSPS) is 10.1. The van der Waals surface area contributed by atoms with Crippen LogP contribution < -0.4 is 5.32 Å². The number of pyridine rings is 1. The van der Waals surface area contributed by atoms with Gasteiger partial charge in [0.2, 0.25) is 0 Å². The maximum Gasteiger partial charge on any atom is 0.273 e. The number of aromatic nitrogens is 1. The van der Waals surface area contributed by atoms with Crippen molar-refractivity contribution >= 4 is 17.2 Å². The molecular weight excluding hydrogens is 236 g/mol. The molecule has 1 amide bonds. The third kappa shape index (κ3) is 3.04. The summed E-state index contributed by atoms with van der Waals surface area (Å²) < 4.78 is 0. The number of carbonyl (C=O) groups is 1. The molecule has 0 saturated carbocycles. The van der Waals surface area contributed by atoms with Gasteiger partial charge in [0.15, 0.2) is 5.69 Å². The van der Waals surface area contributed by atoms with Crippen molar-refractivity contribution in [3.05, 3.63) is 46.4 Å². The maximum atomic E-state index is 11.7. The molecule has 17 heavy (non-hydrogen) atoms. The number of carbonyl (C=O) groups excluding carboxylic acids is 1. The van der Waals surface area contributed by atoms with Crippen LogP contribution in [0.3, 0.4) is 0 Å². The first kappa shape index (κ1) is 11.6. The third-order valence-electron chi connectivity index (χ3n) is 2.24. The molecule has 0 spiro atoms. The summed E-state index contributed by atoms with van der Waals surface area (Å²) in [6.07, 6.45) is 2.27. The second-order valence-electron chi connectivity index (χ2n) is 3.46. The smallest absolute Gasteiger partial charge is 0.273 e. The zero-order chi connectivity index (χ0) is 12.1. The molecule has 0 radical (unpaired) electrons. The Bertz CT molecular complexity index is 497. The van der Waals surface area contributed by atoms with Crippen LogP contribution in [0.25, 0.3) is 0 Å². The van der Waals surface area contributed by atoms with Gasteiger partial charge in [-0.15, -0.1) is 11.3 Å². The number of nitrogens with zero attached hydrogens (tertiary/aromatic N) is 1. The lowest BCUT2D eigenvalue weighted by Gasteiger charge is -2.04. The molecule has 0 saturated heterocycles. The van der Waals surface area contributed by atoms with Crippen LogP contribution in [0.5, 0.6) is 5.75 Å². The molecule has 0 aliphatic heterocycles. The number of hydrogen-bond donors (Lipinski definition) is 2. The van der Waals surface area contributed by atoms with E-state index in [0.717, 1.165) is 6.42 Å². The van der Waals surface area contributed by atoms with E-state index in [4.69, 9.17) is 0 Å². The van der Waals surface area contributed by atoms with Crippen LogP contribution >= 0.6 is 11.3 Å². The Morgan fingerprint density at radius 1 is 1.41 bits per heavy atom. The van der Waals surface area contributed by atoms with E-state index in [-0.39, 0.29) is 17.4 Å². The highest BCUT2D eigenvalue weighted by Crippen LogP contribution is 2.12. The van der Waals surface area contributed by atoms with Crippen molar-refractivity contribution in [1.29, 1.82) is 0 Å². The molecule has 0 unspecified atom stereocenters. The Balaban J connectivity index is 1.88. The predicted octanol–water partition coefficient (Wildman–Crippen LogP) is 1.82. The molecule has 88 valence electrons. The van der Waals surface area contributed by atoms with Crippen molar-refractivity contribution < 1.29 is 9.90 Å². The molecule has 4 nitrogen and oxygen atoms in total. The lowest BCUT2D eigenvalue weighted by Crippen LogP contribution is -2.26. The quantitative estimate of drug-likeness (QED) is 0.867. The summed E-state index contributed by atoms with van der Waals surface area (Å²) >= 11 is 1.66. The van der Waals surface area contributed by atoms with Crippen LogP contribution in [-0.2, 0) is 6.42 Å². The Kier molecular flexibility index (Phi) is 3.72. The fraction of sp³-hybridized carbons (Fsp3) is 0.167. The van der Waals surface area contributed by atoms with Gasteiger partial charge in [-0.05, 0) is 30.0 Å². The molecule has 2 aromatic rings. The van der Waals surface area contributed by atoms with E-state index in [1.165, 1.54) is 17.1 Å². The first-order valence-electron chi connectivity index (χ1n) is 5.22. The van der Waals surface area contributed by atoms with E-state index in [1.807, 2.05) is 17.5 Å². The molecular formula is C12H12N2O2S. The number of thiophene rings is 1. The summed E-state index contributed by atoms with van der Waals surface area (Å²) in [5.41, 5.74) is 0.0682. The number of hydrogen-bond acceptors (Lipinski definition) is 4. The highest BCUT2D eigenvalue weighted by atomic mass is 32.1. The van der Waals surface area contributed by atoms with Gasteiger partial charge in [-0.25, -0.2) is 4.98 Å². The molecule has 0 fully saturated rings. The van der Waals surface area contributed by atoms with E-state index < -0.39 is 0 Å². The topological polar surface area (TPSA) is 62.2 Å². The first-order chi connectivity index (χ1) is 8.27. The summed E-state index contributed by atoms with van der Waals surface area (Å²) in [5, 5.41) is 14.2. The van der Waals surface area contributed by atoms with Crippen LogP contribution in [0, 0.1) is 0 Å². The van der Waals surface area contributed by atoms with Gasteiger partial charge in [0.25, 0.3) is 5.91 Å². The van der Waals surface area contributed by atoms with Crippen LogP contribution in [0.2, 0.25) is 0 Å². The van der Waals surface area contributed by atoms with E-state index in [1.54, 1.807) is 17.4 Å². The molecule has 5 heteroatoms. The first-order valence-corrected chi connectivity index (χ1v) is 6.10. The highest BCUT2D eigenvalue weighted by Gasteiger charge is 2.10. The van der Waals surface area contributed by atoms with Crippen molar-refractivity contribution in [3.8, 4) is 5.75 Å². The van der Waals surface area contributed by atoms with E-state index in [9.17, 15) is 9.90 Å². The monoisotopic (exact) mass is 248 g/mol. The fourth-order valence-corrected chi connectivity index (χ4v) is 2.12. The Morgan fingerprint density at radius 3 is 3.00 bits per heavy atom. The molecule has 0 aromatic carbocycles. The zero-order valence-electron chi connectivity index (χ0n) is 9.09. The highest BCUT2D eigenvalue weighted by molar-refractivity contribution is 7.09. The standard InChI is InChI=1S/C12H12N2O2S/c15-10-4-1-6-13-11(10)12(16)14-7-5-9-3-2-8-17-9/h1-4,6,8,15H,5,7H2,(H,14,16). The summed E-state index contributed by atoms with van der Waals surface area (Å²) in [6.45, 7) is 0.537. The van der Waals surface area contributed by atoms with Crippen molar-refractivity contribution in [2.45, 2.75) is 6.42 Å². The van der Waals surface area contributed by atoms with Crippen molar-refractivity contribution in [2.24, 2.45) is 0 Å². The van der Waals surface area contributed by atoms with E-state index in [0.29, 0.717) is 6.54 Å². The Hall–Kier alpha value is -1.88. The van der Waals surface area contributed by atoms with Crippen LogP contribution in [0.4, 0.5) is 0 Å². The Labute approximate surface area is 103 Å². The third-order valence-corrected chi connectivity index (χ3v) is 3.17. The number of nitrogens with one attached hydrogen (secondary N) is 1. The summed E-state index contributed by atoms with van der Waals surface area (Å²) in [6, 6.07) is 7.03.